The number of amides is 1. The fraction of sp³-hybridized carbons (Fsp3) is 0.474. The molecule has 148 valence electrons. The van der Waals surface area contributed by atoms with E-state index in [-0.39, 0.29) is 42.8 Å². The molecule has 0 atom stereocenters. The Hall–Kier alpha value is -2.51. The third kappa shape index (κ3) is 5.02. The maximum atomic E-state index is 14.2. The topological polar surface area (TPSA) is 55.8 Å². The van der Waals surface area contributed by atoms with E-state index in [1.54, 1.807) is 27.7 Å². The molecule has 0 N–H and O–H groups in total. The molecular formula is C19H22F3NO4. The van der Waals surface area contributed by atoms with E-state index in [4.69, 9.17) is 9.47 Å². The predicted molar refractivity (Wildman–Crippen MR) is 92.3 cm³/mol. The highest BCUT2D eigenvalue weighted by Gasteiger charge is 2.32. The van der Waals surface area contributed by atoms with Crippen molar-refractivity contribution in [2.75, 3.05) is 19.7 Å². The Bertz CT molecular complexity index is 784. The largest absolute Gasteiger partial charge is 0.463 e. The molecule has 0 unspecified atom stereocenters. The molecule has 1 aromatic rings. The summed E-state index contributed by atoms with van der Waals surface area (Å²) in [6.45, 7) is 6.75. The lowest BCUT2D eigenvalue weighted by Gasteiger charge is -2.32. The van der Waals surface area contributed by atoms with E-state index in [1.165, 1.54) is 4.90 Å². The van der Waals surface area contributed by atoms with Crippen molar-refractivity contribution in [1.82, 2.24) is 4.90 Å². The molecule has 1 heterocycles. The van der Waals surface area contributed by atoms with Crippen LogP contribution in [0.2, 0.25) is 0 Å². The summed E-state index contributed by atoms with van der Waals surface area (Å²) in [4.78, 5) is 25.9. The summed E-state index contributed by atoms with van der Waals surface area (Å²) in [6.07, 6.45) is -0.566. The standard InChI is InChI=1S/C19H22F3NO4/c1-5-26-17(24)13-10-23(18(25)27-19(2,3)4)7-6-11(13)12-8-15(21)16(22)9-14(12)20/h8-9H,5-7,10H2,1-4H3. The zero-order valence-electron chi connectivity index (χ0n) is 15.7. The maximum absolute atomic E-state index is 14.2. The average molecular weight is 385 g/mol. The van der Waals surface area contributed by atoms with Gasteiger partial charge in [-0.25, -0.2) is 22.8 Å². The van der Waals surface area contributed by atoms with Gasteiger partial charge in [0, 0.05) is 18.2 Å². The van der Waals surface area contributed by atoms with Crippen LogP contribution in [0.4, 0.5) is 18.0 Å². The second kappa shape index (κ2) is 8.02. The van der Waals surface area contributed by atoms with Crippen molar-refractivity contribution in [1.29, 1.82) is 0 Å². The highest BCUT2D eigenvalue weighted by atomic mass is 19.2. The lowest BCUT2D eigenvalue weighted by Crippen LogP contribution is -2.42. The first-order valence-electron chi connectivity index (χ1n) is 8.55. The predicted octanol–water partition coefficient (Wildman–Crippen LogP) is 4.06. The summed E-state index contributed by atoms with van der Waals surface area (Å²) < 4.78 is 51.4. The van der Waals surface area contributed by atoms with Crippen LogP contribution in [-0.2, 0) is 14.3 Å². The van der Waals surface area contributed by atoms with Crippen LogP contribution in [-0.4, -0.2) is 42.3 Å². The minimum atomic E-state index is -1.32. The van der Waals surface area contributed by atoms with Crippen molar-refractivity contribution in [3.63, 3.8) is 0 Å². The zero-order valence-corrected chi connectivity index (χ0v) is 15.7. The molecule has 0 aliphatic carbocycles. The maximum Gasteiger partial charge on any atom is 0.410 e. The Kier molecular flexibility index (Phi) is 6.18. The minimum absolute atomic E-state index is 0.0128. The number of carbonyl (C=O) groups excluding carboxylic acids is 2. The smallest absolute Gasteiger partial charge is 0.410 e. The molecule has 1 amide bonds. The number of ether oxygens (including phenoxy) is 2. The van der Waals surface area contributed by atoms with Crippen molar-refractivity contribution in [3.05, 3.63) is 40.7 Å². The molecule has 0 fully saturated rings. The number of rotatable bonds is 3. The number of hydrogen-bond donors (Lipinski definition) is 0. The molecule has 1 aliphatic rings. The number of carbonyl (C=O) groups is 2. The molecule has 0 saturated carbocycles. The van der Waals surface area contributed by atoms with Gasteiger partial charge in [-0.15, -0.1) is 0 Å². The third-order valence-corrected chi connectivity index (χ3v) is 3.85. The van der Waals surface area contributed by atoms with Gasteiger partial charge in [-0.05, 0) is 45.8 Å². The molecule has 0 aromatic heterocycles. The first-order valence-corrected chi connectivity index (χ1v) is 8.55. The van der Waals surface area contributed by atoms with Gasteiger partial charge in [0.25, 0.3) is 0 Å². The molecule has 0 spiro atoms. The Morgan fingerprint density at radius 3 is 2.33 bits per heavy atom. The van der Waals surface area contributed by atoms with Gasteiger partial charge in [0.1, 0.15) is 11.4 Å². The monoisotopic (exact) mass is 385 g/mol. The van der Waals surface area contributed by atoms with Gasteiger partial charge in [0.05, 0.1) is 18.7 Å². The van der Waals surface area contributed by atoms with Gasteiger partial charge < -0.3 is 14.4 Å². The fourth-order valence-corrected chi connectivity index (χ4v) is 2.70. The van der Waals surface area contributed by atoms with Crippen molar-refractivity contribution in [3.8, 4) is 0 Å². The molecule has 0 bridgehead atoms. The lowest BCUT2D eigenvalue weighted by atomic mass is 9.93. The van der Waals surface area contributed by atoms with E-state index < -0.39 is 35.1 Å². The van der Waals surface area contributed by atoms with E-state index >= 15 is 0 Å². The summed E-state index contributed by atoms with van der Waals surface area (Å²) >= 11 is 0. The molecule has 1 aromatic carbocycles. The number of esters is 1. The van der Waals surface area contributed by atoms with Crippen molar-refractivity contribution >= 4 is 17.6 Å². The van der Waals surface area contributed by atoms with Crippen LogP contribution >= 0.6 is 0 Å². The van der Waals surface area contributed by atoms with Gasteiger partial charge in [0.15, 0.2) is 11.6 Å². The summed E-state index contributed by atoms with van der Waals surface area (Å²) in [5.74, 6) is -4.28. The molecule has 2 rings (SSSR count). The fourth-order valence-electron chi connectivity index (χ4n) is 2.70. The first-order chi connectivity index (χ1) is 12.5. The summed E-state index contributed by atoms with van der Waals surface area (Å²) in [7, 11) is 0. The number of hydrogen-bond acceptors (Lipinski definition) is 4. The minimum Gasteiger partial charge on any atom is -0.463 e. The summed E-state index contributed by atoms with van der Waals surface area (Å²) in [5.41, 5.74) is -0.749. The molecule has 8 heteroatoms. The number of halogens is 3. The average Bonchev–Trinajstić information content (AvgIpc) is 2.56. The second-order valence-corrected chi connectivity index (χ2v) is 7.08. The Morgan fingerprint density at radius 2 is 1.74 bits per heavy atom. The van der Waals surface area contributed by atoms with E-state index in [2.05, 4.69) is 0 Å². The zero-order chi connectivity index (χ0) is 20.4. The highest BCUT2D eigenvalue weighted by molar-refractivity contribution is 5.99. The third-order valence-electron chi connectivity index (χ3n) is 3.85. The molecular weight excluding hydrogens is 363 g/mol. The SMILES string of the molecule is CCOC(=O)C1=C(c2cc(F)c(F)cc2F)CCN(C(=O)OC(C)(C)C)C1. The van der Waals surface area contributed by atoms with Crippen LogP contribution in [0.25, 0.3) is 5.57 Å². The van der Waals surface area contributed by atoms with E-state index in [1.807, 2.05) is 0 Å². The van der Waals surface area contributed by atoms with Crippen LogP contribution in [0.1, 0.15) is 39.7 Å². The van der Waals surface area contributed by atoms with Crippen molar-refractivity contribution in [2.24, 2.45) is 0 Å². The van der Waals surface area contributed by atoms with E-state index in [0.29, 0.717) is 12.1 Å². The number of nitrogens with zero attached hydrogens (tertiary/aromatic N) is 1. The normalized spacial score (nSPS) is 15.0. The Morgan fingerprint density at radius 1 is 1.11 bits per heavy atom. The van der Waals surface area contributed by atoms with Gasteiger partial charge in [-0.1, -0.05) is 0 Å². The number of benzene rings is 1. The molecule has 0 radical (unpaired) electrons. The molecule has 27 heavy (non-hydrogen) atoms. The lowest BCUT2D eigenvalue weighted by molar-refractivity contribution is -0.138. The molecule has 0 saturated heterocycles. The Labute approximate surface area is 155 Å². The van der Waals surface area contributed by atoms with Gasteiger partial charge >= 0.3 is 12.1 Å². The van der Waals surface area contributed by atoms with Gasteiger partial charge in [-0.3, -0.25) is 0 Å². The van der Waals surface area contributed by atoms with Gasteiger partial charge in [0.2, 0.25) is 0 Å². The van der Waals surface area contributed by atoms with Crippen molar-refractivity contribution < 1.29 is 32.2 Å². The Balaban J connectivity index is 2.43. The van der Waals surface area contributed by atoms with E-state index in [9.17, 15) is 22.8 Å². The van der Waals surface area contributed by atoms with Crippen molar-refractivity contribution in [2.45, 2.75) is 39.7 Å². The van der Waals surface area contributed by atoms with Crippen LogP contribution in [0.3, 0.4) is 0 Å². The summed E-state index contributed by atoms with van der Waals surface area (Å²) in [6, 6.07) is 1.14. The summed E-state index contributed by atoms with van der Waals surface area (Å²) in [5, 5.41) is 0. The van der Waals surface area contributed by atoms with Crippen LogP contribution in [0.5, 0.6) is 0 Å². The second-order valence-electron chi connectivity index (χ2n) is 7.08. The highest BCUT2D eigenvalue weighted by Crippen LogP contribution is 2.32. The van der Waals surface area contributed by atoms with Gasteiger partial charge in [-0.2, -0.15) is 0 Å². The van der Waals surface area contributed by atoms with Crippen LogP contribution < -0.4 is 0 Å². The molecule has 5 nitrogen and oxygen atoms in total. The van der Waals surface area contributed by atoms with E-state index in [0.717, 1.165) is 0 Å². The first kappa shape index (κ1) is 20.8. The van der Waals surface area contributed by atoms with Crippen LogP contribution in [0.15, 0.2) is 17.7 Å². The van der Waals surface area contributed by atoms with Crippen LogP contribution in [0, 0.1) is 17.5 Å². The molecule has 1 aliphatic heterocycles. The quantitative estimate of drug-likeness (QED) is 0.582.